The normalized spacial score (nSPS) is 11.6. The summed E-state index contributed by atoms with van der Waals surface area (Å²) < 4.78 is 21.8. The van der Waals surface area contributed by atoms with E-state index in [1.165, 1.54) is 6.07 Å². The number of amides is 1. The third kappa shape index (κ3) is 2.91. The lowest BCUT2D eigenvalue weighted by atomic mass is 10.1. The van der Waals surface area contributed by atoms with Crippen LogP contribution in [-0.2, 0) is 13.0 Å². The first-order chi connectivity index (χ1) is 15.4. The summed E-state index contributed by atoms with van der Waals surface area (Å²) in [5.74, 6) is -2.14. The molecule has 0 radical (unpaired) electrons. The maximum absolute atomic E-state index is 14.7. The van der Waals surface area contributed by atoms with Crippen molar-refractivity contribution in [3.8, 4) is 5.75 Å². The first kappa shape index (κ1) is 19.7. The zero-order valence-electron chi connectivity index (χ0n) is 17.1. The molecular weight excluding hydrogens is 413 g/mol. The van der Waals surface area contributed by atoms with Crippen molar-refractivity contribution >= 4 is 38.8 Å². The van der Waals surface area contributed by atoms with Crippen molar-refractivity contribution in [2.75, 3.05) is 0 Å². The monoisotopic (exact) mass is 431 g/mol. The first-order valence-electron chi connectivity index (χ1n) is 10.0. The number of aromatic nitrogens is 2. The molecule has 0 aliphatic heterocycles. The number of phenols is 1. The van der Waals surface area contributed by atoms with Crippen molar-refractivity contribution in [2.45, 2.75) is 19.9 Å². The topological polar surface area (TPSA) is 111 Å². The minimum absolute atomic E-state index is 0.0750. The van der Waals surface area contributed by atoms with Crippen LogP contribution in [0.4, 0.5) is 4.39 Å². The molecule has 3 heterocycles. The number of halogens is 1. The van der Waals surface area contributed by atoms with Gasteiger partial charge in [-0.25, -0.2) is 14.2 Å². The van der Waals surface area contributed by atoms with Gasteiger partial charge in [0.2, 0.25) is 5.71 Å². The number of primary amides is 1. The summed E-state index contributed by atoms with van der Waals surface area (Å²) in [5.41, 5.74) is 6.87. The van der Waals surface area contributed by atoms with Gasteiger partial charge < -0.3 is 19.8 Å². The maximum atomic E-state index is 14.7. The van der Waals surface area contributed by atoms with Crippen LogP contribution in [0.5, 0.6) is 5.75 Å². The number of carbonyl (C=O) groups excluding carboxylic acids is 1. The SMILES string of the molecule is CCc1ccc2c(c1)c1c3cccnc3oc(=O)c1n2Cc1cc(C(N)=O)c(O)cc1F. The summed E-state index contributed by atoms with van der Waals surface area (Å²) in [4.78, 5) is 28.8. The summed E-state index contributed by atoms with van der Waals surface area (Å²) >= 11 is 0. The van der Waals surface area contributed by atoms with Gasteiger partial charge in [-0.05, 0) is 42.3 Å². The average Bonchev–Trinajstić information content (AvgIpc) is 3.09. The van der Waals surface area contributed by atoms with Crippen molar-refractivity contribution in [3.05, 3.63) is 81.6 Å². The number of carbonyl (C=O) groups is 1. The molecule has 1 amide bonds. The van der Waals surface area contributed by atoms with E-state index in [0.717, 1.165) is 23.4 Å². The molecule has 0 unspecified atom stereocenters. The molecule has 0 spiro atoms. The van der Waals surface area contributed by atoms with Crippen LogP contribution in [0.25, 0.3) is 32.9 Å². The Bertz CT molecular complexity index is 1620. The van der Waals surface area contributed by atoms with Gasteiger partial charge in [-0.1, -0.05) is 13.0 Å². The van der Waals surface area contributed by atoms with Gasteiger partial charge in [0.25, 0.3) is 5.91 Å². The molecule has 3 N–H and O–H groups in total. The number of nitrogens with zero attached hydrogens (tertiary/aromatic N) is 2. The summed E-state index contributed by atoms with van der Waals surface area (Å²) in [6.07, 6.45) is 2.35. The van der Waals surface area contributed by atoms with Gasteiger partial charge >= 0.3 is 5.63 Å². The molecule has 2 aromatic carbocycles. The Balaban J connectivity index is 1.88. The highest BCUT2D eigenvalue weighted by Crippen LogP contribution is 2.34. The Kier molecular flexibility index (Phi) is 4.44. The Morgan fingerprint density at radius 3 is 2.78 bits per heavy atom. The van der Waals surface area contributed by atoms with Crippen molar-refractivity contribution < 1.29 is 18.7 Å². The quantitative estimate of drug-likeness (QED) is 0.449. The minimum Gasteiger partial charge on any atom is -0.507 e. The smallest absolute Gasteiger partial charge is 0.362 e. The van der Waals surface area contributed by atoms with E-state index in [9.17, 15) is 19.1 Å². The van der Waals surface area contributed by atoms with E-state index >= 15 is 0 Å². The van der Waals surface area contributed by atoms with Crippen LogP contribution in [0.3, 0.4) is 0 Å². The number of hydrogen-bond donors (Lipinski definition) is 2. The van der Waals surface area contributed by atoms with Gasteiger partial charge in [0, 0.05) is 39.5 Å². The standard InChI is InChI=1S/C24H18FN3O4/c1-2-12-5-6-18-15(8-12)20-14-4-3-7-27-23(14)32-24(31)21(20)28(18)11-13-9-16(22(26)30)19(29)10-17(13)25/h3-10,29H,2,11H2,1H3,(H2,26,30). The highest BCUT2D eigenvalue weighted by molar-refractivity contribution is 6.18. The molecule has 0 fully saturated rings. The summed E-state index contributed by atoms with van der Waals surface area (Å²) in [6, 6.07) is 11.5. The number of aryl methyl sites for hydroxylation is 1. The van der Waals surface area contributed by atoms with Crippen LogP contribution in [-0.4, -0.2) is 20.6 Å². The fourth-order valence-electron chi connectivity index (χ4n) is 4.17. The van der Waals surface area contributed by atoms with Crippen LogP contribution >= 0.6 is 0 Å². The number of benzene rings is 2. The Hall–Kier alpha value is -4.20. The summed E-state index contributed by atoms with van der Waals surface area (Å²) in [5, 5.41) is 12.0. The predicted octanol–water partition coefficient (Wildman–Crippen LogP) is 3.85. The number of fused-ring (bicyclic) bond motifs is 5. The lowest BCUT2D eigenvalue weighted by molar-refractivity contribution is 0.0997. The van der Waals surface area contributed by atoms with E-state index in [4.69, 9.17) is 10.2 Å². The fourth-order valence-corrected chi connectivity index (χ4v) is 4.17. The van der Waals surface area contributed by atoms with Gasteiger partial charge in [0.15, 0.2) is 0 Å². The average molecular weight is 431 g/mol. The fraction of sp³-hybridized carbons (Fsp3) is 0.125. The van der Waals surface area contributed by atoms with Crippen molar-refractivity contribution in [1.82, 2.24) is 9.55 Å². The lowest BCUT2D eigenvalue weighted by Crippen LogP contribution is -2.14. The number of pyridine rings is 1. The molecule has 0 aliphatic carbocycles. The van der Waals surface area contributed by atoms with E-state index in [0.29, 0.717) is 16.3 Å². The Morgan fingerprint density at radius 2 is 2.03 bits per heavy atom. The molecule has 32 heavy (non-hydrogen) atoms. The van der Waals surface area contributed by atoms with E-state index in [-0.39, 0.29) is 28.9 Å². The van der Waals surface area contributed by atoms with Crippen LogP contribution in [0, 0.1) is 5.82 Å². The number of rotatable bonds is 4. The molecule has 7 nitrogen and oxygen atoms in total. The maximum Gasteiger partial charge on any atom is 0.362 e. The number of nitrogens with two attached hydrogens (primary N) is 1. The second kappa shape index (κ2) is 7.19. The van der Waals surface area contributed by atoms with Crippen LogP contribution in [0.2, 0.25) is 0 Å². The molecule has 0 aliphatic rings. The van der Waals surface area contributed by atoms with Gasteiger partial charge in [-0.15, -0.1) is 0 Å². The number of hydrogen-bond acceptors (Lipinski definition) is 5. The van der Waals surface area contributed by atoms with E-state index < -0.39 is 23.1 Å². The van der Waals surface area contributed by atoms with E-state index in [1.807, 2.05) is 31.2 Å². The molecule has 5 rings (SSSR count). The zero-order valence-corrected chi connectivity index (χ0v) is 17.1. The molecule has 0 atom stereocenters. The second-order valence-electron chi connectivity index (χ2n) is 7.59. The zero-order chi connectivity index (χ0) is 22.6. The van der Waals surface area contributed by atoms with Crippen LogP contribution < -0.4 is 11.4 Å². The second-order valence-corrected chi connectivity index (χ2v) is 7.59. The van der Waals surface area contributed by atoms with Gasteiger partial charge in [-0.2, -0.15) is 0 Å². The summed E-state index contributed by atoms with van der Waals surface area (Å²) in [6.45, 7) is 1.96. The third-order valence-electron chi connectivity index (χ3n) is 5.72. The van der Waals surface area contributed by atoms with Crippen molar-refractivity contribution in [2.24, 2.45) is 5.73 Å². The number of aromatic hydroxyl groups is 1. The highest BCUT2D eigenvalue weighted by Gasteiger charge is 2.21. The molecule has 0 saturated heterocycles. The van der Waals surface area contributed by atoms with E-state index in [1.54, 1.807) is 16.8 Å². The summed E-state index contributed by atoms with van der Waals surface area (Å²) in [7, 11) is 0. The Morgan fingerprint density at radius 1 is 1.22 bits per heavy atom. The minimum atomic E-state index is -0.879. The van der Waals surface area contributed by atoms with Gasteiger partial charge in [0.1, 0.15) is 17.1 Å². The largest absolute Gasteiger partial charge is 0.507 e. The van der Waals surface area contributed by atoms with Gasteiger partial charge in [0.05, 0.1) is 12.1 Å². The van der Waals surface area contributed by atoms with Gasteiger partial charge in [-0.3, -0.25) is 4.79 Å². The molecule has 8 heteroatoms. The third-order valence-corrected chi connectivity index (χ3v) is 5.72. The molecular formula is C24H18FN3O4. The molecule has 5 aromatic rings. The van der Waals surface area contributed by atoms with Crippen LogP contribution in [0.15, 0.2) is 57.9 Å². The first-order valence-corrected chi connectivity index (χ1v) is 10.0. The molecule has 0 saturated carbocycles. The molecule has 3 aromatic heterocycles. The highest BCUT2D eigenvalue weighted by atomic mass is 19.1. The molecule has 160 valence electrons. The van der Waals surface area contributed by atoms with Crippen molar-refractivity contribution in [1.29, 1.82) is 0 Å². The molecule has 0 bridgehead atoms. The van der Waals surface area contributed by atoms with Crippen molar-refractivity contribution in [3.63, 3.8) is 0 Å². The van der Waals surface area contributed by atoms with E-state index in [2.05, 4.69) is 4.98 Å². The lowest BCUT2D eigenvalue weighted by Gasteiger charge is -2.11. The van der Waals surface area contributed by atoms with Crippen LogP contribution in [0.1, 0.15) is 28.4 Å². The Labute approximate surface area is 180 Å². The predicted molar refractivity (Wildman–Crippen MR) is 118 cm³/mol.